The van der Waals surface area contributed by atoms with Gasteiger partial charge in [0, 0.05) is 21.5 Å². The molecule has 0 atom stereocenters. The zero-order valence-corrected chi connectivity index (χ0v) is 19.5. The summed E-state index contributed by atoms with van der Waals surface area (Å²) in [5.74, 6) is -0.417. The van der Waals surface area contributed by atoms with Gasteiger partial charge in [0.15, 0.2) is 5.11 Å². The van der Waals surface area contributed by atoms with Crippen molar-refractivity contribution in [2.45, 2.75) is 4.90 Å². The fourth-order valence-corrected chi connectivity index (χ4v) is 5.60. The predicted molar refractivity (Wildman–Crippen MR) is 134 cm³/mol. The highest BCUT2D eigenvalue weighted by Gasteiger charge is 2.18. The second-order valence-corrected chi connectivity index (χ2v) is 10.2. The molecule has 0 unspecified atom stereocenters. The van der Waals surface area contributed by atoms with Gasteiger partial charge < -0.3 is 5.32 Å². The summed E-state index contributed by atoms with van der Waals surface area (Å²) in [7, 11) is -3.72. The van der Waals surface area contributed by atoms with Crippen LogP contribution in [0.5, 0.6) is 0 Å². The van der Waals surface area contributed by atoms with Crippen LogP contribution in [0.3, 0.4) is 0 Å². The van der Waals surface area contributed by atoms with Gasteiger partial charge in [-0.05, 0) is 54.7 Å². The summed E-state index contributed by atoms with van der Waals surface area (Å²) in [5, 5.41) is 6.73. The number of para-hydroxylation sites is 1. The van der Waals surface area contributed by atoms with Crippen molar-refractivity contribution in [3.63, 3.8) is 0 Å². The van der Waals surface area contributed by atoms with Crippen LogP contribution in [0, 0.1) is 0 Å². The lowest BCUT2D eigenvalue weighted by atomic mass is 10.2. The van der Waals surface area contributed by atoms with Crippen LogP contribution < -0.4 is 15.4 Å². The van der Waals surface area contributed by atoms with Gasteiger partial charge in [-0.1, -0.05) is 48.0 Å². The number of amides is 1. The number of anilines is 2. The highest BCUT2D eigenvalue weighted by Crippen LogP contribution is 2.35. The molecule has 3 aromatic carbocycles. The second kappa shape index (κ2) is 9.25. The average Bonchev–Trinajstić information content (AvgIpc) is 3.11. The fourth-order valence-electron chi connectivity index (χ4n) is 2.92. The Morgan fingerprint density at radius 2 is 1.53 bits per heavy atom. The first-order valence-electron chi connectivity index (χ1n) is 9.31. The normalized spacial score (nSPS) is 11.2. The van der Waals surface area contributed by atoms with Crippen LogP contribution in [0.1, 0.15) is 9.67 Å². The predicted octanol–water partition coefficient (Wildman–Crippen LogP) is 5.48. The molecular formula is C22H16ClN3O3S3. The van der Waals surface area contributed by atoms with Crippen molar-refractivity contribution in [1.82, 2.24) is 5.32 Å². The molecule has 0 radical (unpaired) electrons. The van der Waals surface area contributed by atoms with E-state index in [1.54, 1.807) is 42.5 Å². The molecule has 3 N–H and O–H groups in total. The average molecular weight is 502 g/mol. The summed E-state index contributed by atoms with van der Waals surface area (Å²) in [6.45, 7) is 0. The molecule has 6 nitrogen and oxygen atoms in total. The number of fused-ring (bicyclic) bond motifs is 1. The number of carbonyl (C=O) groups excluding carboxylic acids is 1. The highest BCUT2D eigenvalue weighted by atomic mass is 35.5. The number of carbonyl (C=O) groups is 1. The van der Waals surface area contributed by atoms with Crippen LogP contribution in [0.2, 0.25) is 5.02 Å². The smallest absolute Gasteiger partial charge is 0.269 e. The third-order valence-electron chi connectivity index (χ3n) is 4.42. The van der Waals surface area contributed by atoms with Crippen LogP contribution in [0.4, 0.5) is 11.4 Å². The number of thiophene rings is 1. The van der Waals surface area contributed by atoms with E-state index in [0.29, 0.717) is 21.3 Å². The highest BCUT2D eigenvalue weighted by molar-refractivity contribution is 7.92. The van der Waals surface area contributed by atoms with Crippen LogP contribution >= 0.6 is 35.2 Å². The molecule has 0 fully saturated rings. The lowest BCUT2D eigenvalue weighted by Gasteiger charge is -2.11. The maximum Gasteiger partial charge on any atom is 0.269 e. The molecule has 10 heteroatoms. The Kier molecular flexibility index (Phi) is 6.43. The van der Waals surface area contributed by atoms with Gasteiger partial charge >= 0.3 is 0 Å². The Labute approximate surface area is 199 Å². The third-order valence-corrected chi connectivity index (χ3v) is 7.69. The Hall–Kier alpha value is -2.98. The SMILES string of the molecule is O=C(NC(=S)Nc1ccc(S(=O)(=O)Nc2ccccc2)cc1)c1sc2ccccc2c1Cl. The first-order valence-corrected chi connectivity index (χ1v) is 12.4. The number of nitrogens with one attached hydrogen (secondary N) is 3. The zero-order valence-electron chi connectivity index (χ0n) is 16.3. The minimum absolute atomic E-state index is 0.0709. The Bertz CT molecular complexity index is 1400. The molecule has 0 aliphatic rings. The number of sulfonamides is 1. The van der Waals surface area contributed by atoms with Gasteiger partial charge in [-0.15, -0.1) is 11.3 Å². The van der Waals surface area contributed by atoms with Crippen LogP contribution in [0.25, 0.3) is 10.1 Å². The third kappa shape index (κ3) is 4.91. The van der Waals surface area contributed by atoms with E-state index in [1.165, 1.54) is 23.5 Å². The maximum atomic E-state index is 12.6. The van der Waals surface area contributed by atoms with Gasteiger partial charge in [0.2, 0.25) is 0 Å². The first kappa shape index (κ1) is 22.2. The fraction of sp³-hybridized carbons (Fsp3) is 0. The standard InChI is InChI=1S/C22H16ClN3O3S3/c23-19-17-8-4-5-9-18(17)31-20(19)21(27)25-22(30)24-14-10-12-16(13-11-14)32(28,29)26-15-6-2-1-3-7-15/h1-13,26H,(H2,24,25,27,30). The summed E-state index contributed by atoms with van der Waals surface area (Å²) in [5.41, 5.74) is 0.995. The lowest BCUT2D eigenvalue weighted by molar-refractivity contribution is 0.0982. The minimum atomic E-state index is -3.72. The van der Waals surface area contributed by atoms with Crippen molar-refractivity contribution in [1.29, 1.82) is 0 Å². The van der Waals surface area contributed by atoms with Crippen LogP contribution in [0.15, 0.2) is 83.8 Å². The van der Waals surface area contributed by atoms with E-state index in [0.717, 1.165) is 10.1 Å². The van der Waals surface area contributed by atoms with E-state index < -0.39 is 15.9 Å². The van der Waals surface area contributed by atoms with Gasteiger partial charge in [0.05, 0.1) is 9.92 Å². The Balaban J connectivity index is 1.41. The second-order valence-electron chi connectivity index (χ2n) is 6.65. The summed E-state index contributed by atoms with van der Waals surface area (Å²) in [4.78, 5) is 13.1. The summed E-state index contributed by atoms with van der Waals surface area (Å²) in [6, 6.07) is 22.1. The quantitative estimate of drug-likeness (QED) is 0.315. The molecule has 4 aromatic rings. The van der Waals surface area contributed by atoms with Crippen molar-refractivity contribution < 1.29 is 13.2 Å². The number of benzene rings is 3. The number of hydrogen-bond donors (Lipinski definition) is 3. The molecule has 0 aliphatic heterocycles. The van der Waals surface area contributed by atoms with Crippen molar-refractivity contribution in [2.75, 3.05) is 10.0 Å². The van der Waals surface area contributed by atoms with Gasteiger partial charge in [-0.25, -0.2) is 8.42 Å². The Morgan fingerprint density at radius 3 is 2.22 bits per heavy atom. The molecule has 1 amide bonds. The number of thiocarbonyl (C=S) groups is 1. The zero-order chi connectivity index (χ0) is 22.7. The summed E-state index contributed by atoms with van der Waals surface area (Å²) in [6.07, 6.45) is 0. The van der Waals surface area contributed by atoms with E-state index in [2.05, 4.69) is 15.4 Å². The first-order chi connectivity index (χ1) is 15.3. The van der Waals surface area contributed by atoms with E-state index in [4.69, 9.17) is 23.8 Å². The molecule has 0 saturated carbocycles. The number of hydrogen-bond acceptors (Lipinski definition) is 5. The van der Waals surface area contributed by atoms with Crippen molar-refractivity contribution in [2.24, 2.45) is 0 Å². The molecule has 1 aromatic heterocycles. The summed E-state index contributed by atoms with van der Waals surface area (Å²) >= 11 is 12.8. The van der Waals surface area contributed by atoms with E-state index in [-0.39, 0.29) is 10.0 Å². The topological polar surface area (TPSA) is 87.3 Å². The molecule has 0 aliphatic carbocycles. The van der Waals surface area contributed by atoms with Crippen LogP contribution in [-0.2, 0) is 10.0 Å². The molecule has 0 spiro atoms. The van der Waals surface area contributed by atoms with E-state index in [1.807, 2.05) is 24.3 Å². The lowest BCUT2D eigenvalue weighted by Crippen LogP contribution is -2.33. The van der Waals surface area contributed by atoms with Crippen molar-refractivity contribution in [3.05, 3.63) is 88.8 Å². The largest absolute Gasteiger partial charge is 0.332 e. The molecule has 32 heavy (non-hydrogen) atoms. The van der Waals surface area contributed by atoms with Gasteiger partial charge in [0.25, 0.3) is 15.9 Å². The van der Waals surface area contributed by atoms with Gasteiger partial charge in [-0.2, -0.15) is 0 Å². The molecule has 0 bridgehead atoms. The van der Waals surface area contributed by atoms with Crippen molar-refractivity contribution >= 4 is 77.7 Å². The van der Waals surface area contributed by atoms with Gasteiger partial charge in [-0.3, -0.25) is 14.8 Å². The molecule has 4 rings (SSSR count). The molecule has 162 valence electrons. The number of rotatable bonds is 5. The van der Waals surface area contributed by atoms with Crippen LogP contribution in [-0.4, -0.2) is 19.4 Å². The molecule has 0 saturated heterocycles. The maximum absolute atomic E-state index is 12.6. The summed E-state index contributed by atoms with van der Waals surface area (Å²) < 4.78 is 28.5. The Morgan fingerprint density at radius 1 is 0.875 bits per heavy atom. The monoisotopic (exact) mass is 501 g/mol. The number of halogens is 1. The van der Waals surface area contributed by atoms with E-state index in [9.17, 15) is 13.2 Å². The molecule has 1 heterocycles. The minimum Gasteiger partial charge on any atom is -0.332 e. The molecular weight excluding hydrogens is 486 g/mol. The van der Waals surface area contributed by atoms with Crippen molar-refractivity contribution in [3.8, 4) is 0 Å². The van der Waals surface area contributed by atoms with E-state index >= 15 is 0 Å². The van der Waals surface area contributed by atoms with Gasteiger partial charge in [0.1, 0.15) is 4.88 Å².